The molecule has 0 aliphatic heterocycles. The van der Waals surface area contributed by atoms with E-state index in [1.165, 1.54) is 16.3 Å². The number of hydrogen-bond donors (Lipinski definition) is 1. The van der Waals surface area contributed by atoms with Gasteiger partial charge in [0, 0.05) is 21.1 Å². The molecule has 0 saturated heterocycles. The van der Waals surface area contributed by atoms with Crippen LogP contribution in [0, 0.1) is 0 Å². The monoisotopic (exact) mass is 411 g/mol. The molecule has 27 heavy (non-hydrogen) atoms. The lowest BCUT2D eigenvalue weighted by Gasteiger charge is -2.18. The molecule has 0 aliphatic carbocycles. The van der Waals surface area contributed by atoms with Crippen molar-refractivity contribution < 1.29 is 22.7 Å². The Morgan fingerprint density at radius 3 is 2.33 bits per heavy atom. The Morgan fingerprint density at radius 1 is 1.11 bits per heavy atom. The minimum atomic E-state index is -3.60. The van der Waals surface area contributed by atoms with Gasteiger partial charge in [-0.1, -0.05) is 6.07 Å². The molecule has 0 aliphatic rings. The van der Waals surface area contributed by atoms with Crippen LogP contribution >= 0.6 is 11.3 Å². The highest BCUT2D eigenvalue weighted by atomic mass is 32.2. The molecule has 2 aromatic rings. The molecule has 1 heterocycles. The summed E-state index contributed by atoms with van der Waals surface area (Å²) in [5, 5.41) is 4.16. The summed E-state index contributed by atoms with van der Waals surface area (Å²) in [4.78, 5) is 24.5. The minimum absolute atomic E-state index is 0.0977. The van der Waals surface area contributed by atoms with E-state index < -0.39 is 15.9 Å². The summed E-state index contributed by atoms with van der Waals surface area (Å²) in [6, 6.07) is 9.57. The number of ether oxygens (including phenoxy) is 1. The zero-order valence-corrected chi connectivity index (χ0v) is 16.8. The van der Waals surface area contributed by atoms with Gasteiger partial charge in [-0.3, -0.25) is 13.9 Å². The van der Waals surface area contributed by atoms with Gasteiger partial charge in [0.15, 0.2) is 6.61 Å². The van der Waals surface area contributed by atoms with E-state index in [1.54, 1.807) is 55.9 Å². The topological polar surface area (TPSA) is 96.0 Å². The Morgan fingerprint density at radius 2 is 1.78 bits per heavy atom. The van der Waals surface area contributed by atoms with Crippen LogP contribution in [-0.2, 0) is 19.6 Å². The maximum atomic E-state index is 12.5. The molecular formula is C17H21N3O5S2. The molecule has 1 N–H and O–H groups in total. The van der Waals surface area contributed by atoms with Crippen LogP contribution in [0.1, 0.15) is 0 Å². The van der Waals surface area contributed by atoms with E-state index in [9.17, 15) is 18.0 Å². The van der Waals surface area contributed by atoms with Gasteiger partial charge in [0.05, 0.1) is 12.2 Å². The van der Waals surface area contributed by atoms with Crippen molar-refractivity contribution in [2.75, 3.05) is 38.6 Å². The number of benzene rings is 1. The number of amides is 2. The van der Waals surface area contributed by atoms with Gasteiger partial charge in [-0.15, -0.1) is 11.3 Å². The van der Waals surface area contributed by atoms with E-state index in [0.29, 0.717) is 11.4 Å². The highest BCUT2D eigenvalue weighted by molar-refractivity contribution is 7.94. The summed E-state index contributed by atoms with van der Waals surface area (Å²) in [6.07, 6.45) is 0. The second-order valence-corrected chi connectivity index (χ2v) is 8.90. The largest absolute Gasteiger partial charge is 0.484 e. The van der Waals surface area contributed by atoms with Gasteiger partial charge in [-0.05, 0) is 35.7 Å². The molecule has 0 unspecified atom stereocenters. The molecule has 0 spiro atoms. The van der Waals surface area contributed by atoms with E-state index in [2.05, 4.69) is 5.32 Å². The number of likely N-dealkylation sites (N-methyl/N-ethyl adjacent to an activating group) is 1. The molecule has 2 rings (SSSR count). The summed E-state index contributed by atoms with van der Waals surface area (Å²) in [7, 11) is 1.07. The standard InChI is InChI=1S/C17H21N3O5S2/c1-19(2)16(22)11-18-15(21)12-25-14-8-6-13(7-9-14)20(3)27(23,24)17-5-4-10-26-17/h4-10H,11-12H2,1-3H3,(H,18,21). The molecule has 1 aromatic heterocycles. The van der Waals surface area contributed by atoms with Crippen molar-refractivity contribution in [3.05, 3.63) is 41.8 Å². The number of nitrogens with zero attached hydrogens (tertiary/aromatic N) is 2. The predicted molar refractivity (Wildman–Crippen MR) is 104 cm³/mol. The molecule has 0 fully saturated rings. The zero-order valence-electron chi connectivity index (χ0n) is 15.2. The number of thiophene rings is 1. The number of carbonyl (C=O) groups excluding carboxylic acids is 2. The molecule has 0 radical (unpaired) electrons. The number of hydrogen-bond acceptors (Lipinski definition) is 6. The second kappa shape index (κ2) is 8.87. The number of nitrogens with one attached hydrogen (secondary N) is 1. The Kier molecular flexibility index (Phi) is 6.81. The number of sulfonamides is 1. The first-order valence-electron chi connectivity index (χ1n) is 7.94. The SMILES string of the molecule is CN(C)C(=O)CNC(=O)COc1ccc(N(C)S(=O)(=O)c2cccs2)cc1. The van der Waals surface area contributed by atoms with Gasteiger partial charge < -0.3 is 15.0 Å². The highest BCUT2D eigenvalue weighted by Crippen LogP contribution is 2.26. The molecule has 8 nitrogen and oxygen atoms in total. The molecule has 0 bridgehead atoms. The van der Waals surface area contributed by atoms with Gasteiger partial charge in [-0.25, -0.2) is 8.42 Å². The highest BCUT2D eigenvalue weighted by Gasteiger charge is 2.22. The third-order valence-electron chi connectivity index (χ3n) is 3.62. The summed E-state index contributed by atoms with van der Waals surface area (Å²) in [6.45, 7) is -0.344. The van der Waals surface area contributed by atoms with Crippen LogP contribution < -0.4 is 14.4 Å². The lowest BCUT2D eigenvalue weighted by Crippen LogP contribution is -2.38. The van der Waals surface area contributed by atoms with Crippen LogP contribution in [0.25, 0.3) is 0 Å². The minimum Gasteiger partial charge on any atom is -0.484 e. The van der Waals surface area contributed by atoms with E-state index in [4.69, 9.17) is 4.74 Å². The van der Waals surface area contributed by atoms with Crippen molar-refractivity contribution >= 4 is 38.9 Å². The maximum absolute atomic E-state index is 12.5. The molecule has 2 amide bonds. The fraction of sp³-hybridized carbons (Fsp3) is 0.294. The van der Waals surface area contributed by atoms with Crippen molar-refractivity contribution in [3.63, 3.8) is 0 Å². The molecule has 0 atom stereocenters. The smallest absolute Gasteiger partial charge is 0.273 e. The lowest BCUT2D eigenvalue weighted by atomic mass is 10.3. The van der Waals surface area contributed by atoms with Crippen LogP contribution in [0.4, 0.5) is 5.69 Å². The van der Waals surface area contributed by atoms with E-state index in [1.807, 2.05) is 0 Å². The van der Waals surface area contributed by atoms with Crippen LogP contribution in [0.3, 0.4) is 0 Å². The van der Waals surface area contributed by atoms with Crippen molar-refractivity contribution in [2.45, 2.75) is 4.21 Å². The Balaban J connectivity index is 1.92. The number of carbonyl (C=O) groups is 2. The fourth-order valence-electron chi connectivity index (χ4n) is 1.97. The van der Waals surface area contributed by atoms with Gasteiger partial charge in [0.25, 0.3) is 15.9 Å². The van der Waals surface area contributed by atoms with Crippen LogP contribution in [0.2, 0.25) is 0 Å². The lowest BCUT2D eigenvalue weighted by molar-refractivity contribution is -0.131. The van der Waals surface area contributed by atoms with Crippen LogP contribution in [0.5, 0.6) is 5.75 Å². The third-order valence-corrected chi connectivity index (χ3v) is 6.77. The number of anilines is 1. The average Bonchev–Trinajstić information content (AvgIpc) is 3.19. The first-order valence-corrected chi connectivity index (χ1v) is 10.3. The third kappa shape index (κ3) is 5.44. The maximum Gasteiger partial charge on any atom is 0.273 e. The average molecular weight is 412 g/mol. The van der Waals surface area contributed by atoms with Crippen molar-refractivity contribution in [3.8, 4) is 5.75 Å². The Bertz CT molecular complexity index is 878. The van der Waals surface area contributed by atoms with Gasteiger partial charge >= 0.3 is 0 Å². The molecule has 0 saturated carbocycles. The van der Waals surface area contributed by atoms with Crippen LogP contribution in [-0.4, -0.2) is 59.4 Å². The summed E-state index contributed by atoms with van der Waals surface area (Å²) in [5.41, 5.74) is 0.469. The van der Waals surface area contributed by atoms with Gasteiger partial charge in [-0.2, -0.15) is 0 Å². The molecule has 10 heteroatoms. The Hall–Kier alpha value is -2.59. The normalized spacial score (nSPS) is 10.9. The quantitative estimate of drug-likeness (QED) is 0.703. The number of rotatable bonds is 8. The van der Waals surface area contributed by atoms with E-state index in [0.717, 1.165) is 11.3 Å². The molecule has 1 aromatic carbocycles. The summed E-state index contributed by atoms with van der Waals surface area (Å²) < 4.78 is 31.8. The summed E-state index contributed by atoms with van der Waals surface area (Å²) in [5.74, 6) is -0.232. The fourth-order valence-corrected chi connectivity index (χ4v) is 4.33. The first kappa shape index (κ1) is 20.7. The van der Waals surface area contributed by atoms with E-state index in [-0.39, 0.29) is 23.3 Å². The van der Waals surface area contributed by atoms with Gasteiger partial charge in [0.1, 0.15) is 9.96 Å². The first-order chi connectivity index (χ1) is 12.7. The predicted octanol–water partition coefficient (Wildman–Crippen LogP) is 1.16. The second-order valence-electron chi connectivity index (χ2n) is 5.75. The molecule has 146 valence electrons. The van der Waals surface area contributed by atoms with Crippen molar-refractivity contribution in [1.82, 2.24) is 10.2 Å². The van der Waals surface area contributed by atoms with Crippen molar-refractivity contribution in [1.29, 1.82) is 0 Å². The van der Waals surface area contributed by atoms with E-state index >= 15 is 0 Å². The van der Waals surface area contributed by atoms with Crippen molar-refractivity contribution in [2.24, 2.45) is 0 Å². The zero-order chi connectivity index (χ0) is 20.0. The molecular weight excluding hydrogens is 390 g/mol. The van der Waals surface area contributed by atoms with Gasteiger partial charge in [0.2, 0.25) is 5.91 Å². The Labute approximate surface area is 162 Å². The van der Waals surface area contributed by atoms with Crippen LogP contribution in [0.15, 0.2) is 46.0 Å². The summed E-state index contributed by atoms with van der Waals surface area (Å²) >= 11 is 1.15.